The molecule has 2 aromatic carbocycles. The molecule has 26 heavy (non-hydrogen) atoms. The fourth-order valence-corrected chi connectivity index (χ4v) is 4.04. The van der Waals surface area contributed by atoms with Gasteiger partial charge in [0.1, 0.15) is 5.75 Å². The van der Waals surface area contributed by atoms with Gasteiger partial charge >= 0.3 is 6.16 Å². The minimum Gasteiger partial charge on any atom is -0.449 e. The van der Waals surface area contributed by atoms with Gasteiger partial charge in [0.2, 0.25) is 0 Å². The second kappa shape index (κ2) is 6.17. The van der Waals surface area contributed by atoms with E-state index in [4.69, 9.17) is 5.11 Å². The summed E-state index contributed by atoms with van der Waals surface area (Å²) in [6.45, 7) is 6.17. The summed E-state index contributed by atoms with van der Waals surface area (Å²) in [5.41, 5.74) is 1.31. The van der Waals surface area contributed by atoms with Crippen molar-refractivity contribution in [3.05, 3.63) is 60.3 Å². The van der Waals surface area contributed by atoms with E-state index in [1.54, 1.807) is 36.4 Å². The lowest BCUT2D eigenvalue weighted by atomic mass is 9.87. The van der Waals surface area contributed by atoms with Crippen molar-refractivity contribution in [1.29, 1.82) is 0 Å². The molecule has 0 fully saturated rings. The molecule has 3 aromatic rings. The number of hydrogen-bond acceptors (Lipinski definition) is 4. The first-order valence-corrected chi connectivity index (χ1v) is 9.41. The van der Waals surface area contributed by atoms with Crippen molar-refractivity contribution in [2.24, 2.45) is 0 Å². The average molecular weight is 373 g/mol. The third-order valence-corrected chi connectivity index (χ3v) is 5.82. The van der Waals surface area contributed by atoms with Crippen molar-refractivity contribution in [1.82, 2.24) is 3.97 Å². The Morgan fingerprint density at radius 1 is 1.04 bits per heavy atom. The Morgan fingerprint density at radius 2 is 1.69 bits per heavy atom. The molecule has 6 nitrogen and oxygen atoms in total. The fraction of sp³-hybridized carbons (Fsp3) is 0.211. The van der Waals surface area contributed by atoms with Gasteiger partial charge in [-0.05, 0) is 41.3 Å². The lowest BCUT2D eigenvalue weighted by molar-refractivity contribution is 0.144. The summed E-state index contributed by atoms with van der Waals surface area (Å²) >= 11 is 0. The van der Waals surface area contributed by atoms with Crippen LogP contribution in [0.3, 0.4) is 0 Å². The number of fused-ring (bicyclic) bond motifs is 1. The second-order valence-corrected chi connectivity index (χ2v) is 8.79. The standard InChI is InChI=1S/C19H19NO5S/c1-19(2,3)14-5-8-16(9-6-14)26(23,24)20-11-10-13-4-7-15(12-17(13)20)25-18(21)22/h4-12H,1-3H3,(H,21,22). The van der Waals surface area contributed by atoms with Gasteiger partial charge in [-0.25, -0.2) is 17.2 Å². The predicted molar refractivity (Wildman–Crippen MR) is 98.3 cm³/mol. The number of hydrogen-bond donors (Lipinski definition) is 1. The molecular weight excluding hydrogens is 354 g/mol. The number of rotatable bonds is 3. The van der Waals surface area contributed by atoms with E-state index in [0.29, 0.717) is 10.9 Å². The van der Waals surface area contributed by atoms with E-state index in [1.165, 1.54) is 18.3 Å². The third-order valence-electron chi connectivity index (χ3n) is 4.11. The van der Waals surface area contributed by atoms with E-state index < -0.39 is 16.2 Å². The molecule has 0 amide bonds. The SMILES string of the molecule is CC(C)(C)c1ccc(S(=O)(=O)n2ccc3ccc(OC(=O)O)cc32)cc1. The Balaban J connectivity index is 2.08. The maximum absolute atomic E-state index is 13.0. The average Bonchev–Trinajstić information content (AvgIpc) is 2.97. The zero-order chi connectivity index (χ0) is 19.1. The largest absolute Gasteiger partial charge is 0.511 e. The highest BCUT2D eigenvalue weighted by atomic mass is 32.2. The molecule has 0 saturated carbocycles. The molecule has 0 aliphatic carbocycles. The lowest BCUT2D eigenvalue weighted by Crippen LogP contribution is -2.14. The van der Waals surface area contributed by atoms with Crippen LogP contribution in [0.4, 0.5) is 4.79 Å². The molecule has 0 saturated heterocycles. The van der Waals surface area contributed by atoms with E-state index in [1.807, 2.05) is 0 Å². The van der Waals surface area contributed by atoms with E-state index >= 15 is 0 Å². The monoisotopic (exact) mass is 373 g/mol. The summed E-state index contributed by atoms with van der Waals surface area (Å²) in [4.78, 5) is 10.9. The van der Waals surface area contributed by atoms with Crippen LogP contribution in [0.1, 0.15) is 26.3 Å². The minimum absolute atomic E-state index is 0.0585. The Kier molecular flexibility index (Phi) is 4.28. The summed E-state index contributed by atoms with van der Waals surface area (Å²) in [5.74, 6) is 0.0585. The maximum atomic E-state index is 13.0. The number of carboxylic acid groups (broad SMARTS) is 1. The first-order chi connectivity index (χ1) is 12.1. The number of aromatic nitrogens is 1. The molecule has 136 valence electrons. The highest BCUT2D eigenvalue weighted by molar-refractivity contribution is 7.90. The van der Waals surface area contributed by atoms with E-state index in [9.17, 15) is 13.2 Å². The van der Waals surface area contributed by atoms with Crippen LogP contribution < -0.4 is 4.74 Å². The molecule has 1 heterocycles. The number of ether oxygens (including phenoxy) is 1. The van der Waals surface area contributed by atoms with E-state index in [2.05, 4.69) is 25.5 Å². The fourth-order valence-electron chi connectivity index (χ4n) is 2.70. The molecule has 0 atom stereocenters. The van der Waals surface area contributed by atoms with E-state index in [0.717, 1.165) is 9.54 Å². The Morgan fingerprint density at radius 3 is 2.27 bits per heavy atom. The van der Waals surface area contributed by atoms with Gasteiger partial charge in [-0.2, -0.15) is 0 Å². The first kappa shape index (κ1) is 18.0. The maximum Gasteiger partial charge on any atom is 0.511 e. The van der Waals surface area contributed by atoms with Crippen LogP contribution in [0, 0.1) is 0 Å². The van der Waals surface area contributed by atoms with Crippen LogP contribution in [-0.2, 0) is 15.4 Å². The van der Waals surface area contributed by atoms with Crippen LogP contribution in [0.15, 0.2) is 59.6 Å². The zero-order valence-corrected chi connectivity index (χ0v) is 15.4. The van der Waals surface area contributed by atoms with Gasteiger partial charge < -0.3 is 9.84 Å². The van der Waals surface area contributed by atoms with Crippen molar-refractivity contribution in [3.63, 3.8) is 0 Å². The van der Waals surface area contributed by atoms with Crippen molar-refractivity contribution >= 4 is 27.1 Å². The molecule has 0 aliphatic rings. The molecular formula is C19H19NO5S. The smallest absolute Gasteiger partial charge is 0.449 e. The molecule has 0 radical (unpaired) electrons. The lowest BCUT2D eigenvalue weighted by Gasteiger charge is -2.19. The van der Waals surface area contributed by atoms with Crippen LogP contribution in [0.2, 0.25) is 0 Å². The normalized spacial score (nSPS) is 12.3. The molecule has 1 N–H and O–H groups in total. The molecule has 0 unspecified atom stereocenters. The van der Waals surface area contributed by atoms with Gasteiger partial charge in [0, 0.05) is 17.6 Å². The highest BCUT2D eigenvalue weighted by Gasteiger charge is 2.21. The van der Waals surface area contributed by atoms with Crippen molar-refractivity contribution in [2.75, 3.05) is 0 Å². The molecule has 1 aromatic heterocycles. The van der Waals surface area contributed by atoms with Gasteiger partial charge in [-0.1, -0.05) is 32.9 Å². The summed E-state index contributed by atoms with van der Waals surface area (Å²) in [7, 11) is -3.82. The zero-order valence-electron chi connectivity index (χ0n) is 14.6. The Hall–Kier alpha value is -2.80. The molecule has 0 bridgehead atoms. The van der Waals surface area contributed by atoms with Gasteiger partial charge in [-0.3, -0.25) is 0 Å². The first-order valence-electron chi connectivity index (χ1n) is 7.97. The predicted octanol–water partition coefficient (Wildman–Crippen LogP) is 4.23. The summed E-state index contributed by atoms with van der Waals surface area (Å²) < 4.78 is 31.8. The third kappa shape index (κ3) is 3.30. The van der Waals surface area contributed by atoms with Crippen LogP contribution in [0.25, 0.3) is 10.9 Å². The van der Waals surface area contributed by atoms with Crippen molar-refractivity contribution < 1.29 is 23.1 Å². The number of carbonyl (C=O) groups is 1. The Bertz CT molecular complexity index is 1070. The van der Waals surface area contributed by atoms with Crippen molar-refractivity contribution in [2.45, 2.75) is 31.1 Å². The Labute approximate surface area is 151 Å². The highest BCUT2D eigenvalue weighted by Crippen LogP contribution is 2.28. The summed E-state index contributed by atoms with van der Waals surface area (Å²) in [5, 5.41) is 9.41. The summed E-state index contributed by atoms with van der Waals surface area (Å²) in [6, 6.07) is 12.9. The molecule has 0 aliphatic heterocycles. The quantitative estimate of drug-likeness (QED) is 0.548. The van der Waals surface area contributed by atoms with Gasteiger partial charge in [0.05, 0.1) is 10.4 Å². The van der Waals surface area contributed by atoms with Crippen molar-refractivity contribution in [3.8, 4) is 5.75 Å². The number of benzene rings is 2. The van der Waals surface area contributed by atoms with Crippen LogP contribution in [0.5, 0.6) is 5.75 Å². The molecule has 3 rings (SSSR count). The van der Waals surface area contributed by atoms with E-state index in [-0.39, 0.29) is 16.1 Å². The minimum atomic E-state index is -3.82. The van der Waals surface area contributed by atoms with Gasteiger partial charge in [-0.15, -0.1) is 0 Å². The summed E-state index contributed by atoms with van der Waals surface area (Å²) in [6.07, 6.45) is -0.00884. The molecule has 7 heteroatoms. The van der Waals surface area contributed by atoms with Gasteiger partial charge in [0.25, 0.3) is 10.0 Å². The molecule has 0 spiro atoms. The van der Waals surface area contributed by atoms with Gasteiger partial charge in [0.15, 0.2) is 0 Å². The van der Waals surface area contributed by atoms with Crippen LogP contribution in [-0.4, -0.2) is 23.7 Å². The van der Waals surface area contributed by atoms with Crippen LogP contribution >= 0.6 is 0 Å². The topological polar surface area (TPSA) is 85.6 Å². The number of nitrogens with zero attached hydrogens (tertiary/aromatic N) is 1. The second-order valence-electron chi connectivity index (χ2n) is 6.98.